The number of rotatable bonds is 2. The molecular weight excluding hydrogens is 294 g/mol. The predicted molar refractivity (Wildman–Crippen MR) is 90.5 cm³/mol. The molecule has 0 aliphatic heterocycles. The zero-order valence-electron chi connectivity index (χ0n) is 11.6. The molecule has 2 aromatic carbocycles. The molecular formula is C17H13N3OS. The van der Waals surface area contributed by atoms with E-state index in [1.807, 2.05) is 54.6 Å². The molecule has 5 heteroatoms. The minimum Gasteiger partial charge on any atom is -0.506 e. The molecule has 0 saturated carbocycles. The van der Waals surface area contributed by atoms with Crippen molar-refractivity contribution in [3.63, 3.8) is 0 Å². The van der Waals surface area contributed by atoms with Gasteiger partial charge in [0.25, 0.3) is 0 Å². The van der Waals surface area contributed by atoms with Gasteiger partial charge in [-0.1, -0.05) is 30.3 Å². The first-order chi connectivity index (χ1) is 10.7. The molecule has 0 amide bonds. The topological polar surface area (TPSA) is 64.1 Å². The van der Waals surface area contributed by atoms with Gasteiger partial charge in [-0.05, 0) is 24.3 Å². The highest BCUT2D eigenvalue weighted by Gasteiger charge is 2.19. The number of para-hydroxylation sites is 2. The van der Waals surface area contributed by atoms with Crippen LogP contribution in [0.2, 0.25) is 0 Å². The molecule has 4 nitrogen and oxygen atoms in total. The molecule has 4 rings (SSSR count). The number of hydrogen-bond acceptors (Lipinski definition) is 4. The molecule has 0 aliphatic carbocycles. The lowest BCUT2D eigenvalue weighted by Gasteiger charge is -2.05. The highest BCUT2D eigenvalue weighted by molar-refractivity contribution is 7.21. The summed E-state index contributed by atoms with van der Waals surface area (Å²) in [4.78, 5) is 4.58. The molecule has 2 heterocycles. The Labute approximate surface area is 131 Å². The molecule has 4 aromatic rings. The fourth-order valence-corrected chi connectivity index (χ4v) is 3.54. The number of benzene rings is 2. The Bertz CT molecular complexity index is 924. The van der Waals surface area contributed by atoms with E-state index >= 15 is 0 Å². The summed E-state index contributed by atoms with van der Waals surface area (Å²) in [5.74, 6) is 0.628. The molecule has 0 unspecified atom stereocenters. The van der Waals surface area contributed by atoms with E-state index in [0.29, 0.717) is 11.4 Å². The van der Waals surface area contributed by atoms with Gasteiger partial charge < -0.3 is 10.8 Å². The summed E-state index contributed by atoms with van der Waals surface area (Å²) in [6.45, 7) is 0. The van der Waals surface area contributed by atoms with Crippen LogP contribution in [0.3, 0.4) is 0 Å². The van der Waals surface area contributed by atoms with E-state index in [1.54, 1.807) is 10.8 Å². The predicted octanol–water partition coefficient (Wildman–Crippen LogP) is 4.04. The minimum atomic E-state index is 0.139. The second kappa shape index (κ2) is 4.89. The Morgan fingerprint density at radius 3 is 2.50 bits per heavy atom. The number of nitrogens with two attached hydrogens (primary N) is 1. The van der Waals surface area contributed by atoms with Crippen LogP contribution in [-0.2, 0) is 0 Å². The monoisotopic (exact) mass is 307 g/mol. The van der Waals surface area contributed by atoms with Crippen LogP contribution >= 0.6 is 11.3 Å². The van der Waals surface area contributed by atoms with E-state index < -0.39 is 0 Å². The summed E-state index contributed by atoms with van der Waals surface area (Å²) >= 11 is 1.52. The van der Waals surface area contributed by atoms with E-state index in [0.717, 1.165) is 20.9 Å². The maximum absolute atomic E-state index is 10.3. The van der Waals surface area contributed by atoms with Gasteiger partial charge in [-0.2, -0.15) is 0 Å². The number of fused-ring (bicyclic) bond motifs is 1. The van der Waals surface area contributed by atoms with Gasteiger partial charge in [0.2, 0.25) is 0 Å². The third kappa shape index (κ3) is 1.95. The first kappa shape index (κ1) is 12.9. The van der Waals surface area contributed by atoms with Crippen molar-refractivity contribution < 1.29 is 5.11 Å². The first-order valence-electron chi connectivity index (χ1n) is 6.85. The molecule has 0 aliphatic rings. The molecule has 0 spiro atoms. The molecule has 0 radical (unpaired) electrons. The minimum absolute atomic E-state index is 0.139. The van der Waals surface area contributed by atoms with Crippen molar-refractivity contribution in [2.75, 3.05) is 5.73 Å². The number of aromatic nitrogens is 2. The number of thiazole rings is 1. The Morgan fingerprint density at radius 1 is 1.00 bits per heavy atom. The maximum atomic E-state index is 10.3. The largest absolute Gasteiger partial charge is 0.506 e. The lowest BCUT2D eigenvalue weighted by molar-refractivity contribution is 0.477. The van der Waals surface area contributed by atoms with Gasteiger partial charge in [-0.3, -0.25) is 4.57 Å². The number of anilines is 1. The molecule has 108 valence electrons. The molecule has 0 fully saturated rings. The third-order valence-corrected chi connectivity index (χ3v) is 4.62. The standard InChI is InChI=1S/C17H13N3OS/c18-16-15(17-19-12-8-4-5-9-14(12)22-17)13(21)10-20(16)11-6-2-1-3-7-11/h1-10,21H,18H2. The van der Waals surface area contributed by atoms with E-state index in [4.69, 9.17) is 5.73 Å². The van der Waals surface area contributed by atoms with Crippen molar-refractivity contribution in [2.24, 2.45) is 0 Å². The van der Waals surface area contributed by atoms with Gasteiger partial charge in [0.1, 0.15) is 16.6 Å². The van der Waals surface area contributed by atoms with Gasteiger partial charge in [-0.25, -0.2) is 4.98 Å². The highest BCUT2D eigenvalue weighted by Crippen LogP contribution is 2.41. The van der Waals surface area contributed by atoms with Gasteiger partial charge >= 0.3 is 0 Å². The zero-order valence-corrected chi connectivity index (χ0v) is 12.4. The van der Waals surface area contributed by atoms with Crippen molar-refractivity contribution >= 4 is 27.4 Å². The summed E-state index contributed by atoms with van der Waals surface area (Å²) in [6, 6.07) is 17.6. The molecule has 3 N–H and O–H groups in total. The van der Waals surface area contributed by atoms with Gasteiger partial charge in [0, 0.05) is 5.69 Å². The summed E-state index contributed by atoms with van der Waals surface area (Å²) in [5, 5.41) is 11.0. The Morgan fingerprint density at radius 2 is 1.73 bits per heavy atom. The fraction of sp³-hybridized carbons (Fsp3) is 0. The van der Waals surface area contributed by atoms with Crippen LogP contribution in [0.5, 0.6) is 5.75 Å². The maximum Gasteiger partial charge on any atom is 0.146 e. The van der Waals surface area contributed by atoms with E-state index in [9.17, 15) is 5.11 Å². The Balaban J connectivity index is 1.91. The SMILES string of the molecule is Nc1c(-c2nc3ccccc3s2)c(O)cn1-c1ccccc1. The number of nitrogens with zero attached hydrogens (tertiary/aromatic N) is 2. The van der Waals surface area contributed by atoms with Gasteiger partial charge in [0.15, 0.2) is 0 Å². The Kier molecular flexibility index (Phi) is 2.87. The molecule has 2 aromatic heterocycles. The van der Waals surface area contributed by atoms with E-state index in [2.05, 4.69) is 4.98 Å². The van der Waals surface area contributed by atoms with Crippen LogP contribution in [0.4, 0.5) is 5.82 Å². The first-order valence-corrected chi connectivity index (χ1v) is 7.67. The number of nitrogen functional groups attached to an aromatic ring is 1. The highest BCUT2D eigenvalue weighted by atomic mass is 32.1. The van der Waals surface area contributed by atoms with Crippen molar-refractivity contribution in [1.29, 1.82) is 0 Å². The van der Waals surface area contributed by atoms with Crippen LogP contribution < -0.4 is 5.73 Å². The average molecular weight is 307 g/mol. The van der Waals surface area contributed by atoms with Crippen LogP contribution in [0, 0.1) is 0 Å². The molecule has 0 atom stereocenters. The zero-order chi connectivity index (χ0) is 15.1. The smallest absolute Gasteiger partial charge is 0.146 e. The van der Waals surface area contributed by atoms with E-state index in [1.165, 1.54) is 11.3 Å². The normalized spacial score (nSPS) is 11.1. The average Bonchev–Trinajstić information content (AvgIpc) is 3.08. The van der Waals surface area contributed by atoms with Gasteiger partial charge in [-0.15, -0.1) is 11.3 Å². The summed E-state index contributed by atoms with van der Waals surface area (Å²) < 4.78 is 2.85. The molecule has 0 bridgehead atoms. The van der Waals surface area contributed by atoms with Crippen molar-refractivity contribution in [1.82, 2.24) is 9.55 Å². The van der Waals surface area contributed by atoms with Crippen molar-refractivity contribution in [3.05, 3.63) is 60.8 Å². The quantitative estimate of drug-likeness (QED) is 0.587. The van der Waals surface area contributed by atoms with Crippen LogP contribution in [0.25, 0.3) is 26.5 Å². The second-order valence-electron chi connectivity index (χ2n) is 4.97. The van der Waals surface area contributed by atoms with E-state index in [-0.39, 0.29) is 5.75 Å². The number of aromatic hydroxyl groups is 1. The van der Waals surface area contributed by atoms with Crippen molar-refractivity contribution in [3.8, 4) is 22.0 Å². The van der Waals surface area contributed by atoms with Gasteiger partial charge in [0.05, 0.1) is 22.0 Å². The number of hydrogen-bond donors (Lipinski definition) is 2. The van der Waals surface area contributed by atoms with Crippen LogP contribution in [0.15, 0.2) is 60.8 Å². The second-order valence-corrected chi connectivity index (χ2v) is 6.00. The lowest BCUT2D eigenvalue weighted by Crippen LogP contribution is -1.99. The fourth-order valence-electron chi connectivity index (χ4n) is 2.51. The third-order valence-electron chi connectivity index (χ3n) is 3.57. The molecule has 22 heavy (non-hydrogen) atoms. The summed E-state index contributed by atoms with van der Waals surface area (Å²) in [5.41, 5.74) is 8.66. The summed E-state index contributed by atoms with van der Waals surface area (Å²) in [6.07, 6.45) is 1.63. The van der Waals surface area contributed by atoms with Crippen LogP contribution in [0.1, 0.15) is 0 Å². The Hall–Kier alpha value is -2.79. The van der Waals surface area contributed by atoms with Crippen LogP contribution in [-0.4, -0.2) is 14.7 Å². The lowest BCUT2D eigenvalue weighted by atomic mass is 10.3. The summed E-state index contributed by atoms with van der Waals surface area (Å²) in [7, 11) is 0. The molecule has 0 saturated heterocycles. The van der Waals surface area contributed by atoms with Crippen molar-refractivity contribution in [2.45, 2.75) is 0 Å².